The molecule has 112 valence electrons. The molecule has 6 heteroatoms. The van der Waals surface area contributed by atoms with Gasteiger partial charge in [0.25, 0.3) is 5.91 Å². The fraction of sp³-hybridized carbons (Fsp3) is 0.125. The molecule has 22 heavy (non-hydrogen) atoms. The Hall–Kier alpha value is -1.79. The number of aliphatic imine (C=N–C) groups is 1. The minimum absolute atomic E-state index is 0.0466. The second-order valence-corrected chi connectivity index (χ2v) is 6.32. The summed E-state index contributed by atoms with van der Waals surface area (Å²) in [5, 5.41) is 0.690. The summed E-state index contributed by atoms with van der Waals surface area (Å²) in [6.45, 7) is 2.52. The molecule has 1 aromatic heterocycles. The standard InChI is InChI=1S/C16H13BrN2O2S/c1-2-19-15(20)13(10-12-8-9-14(17)21-12)22-16(19)18-11-6-4-3-5-7-11/h3-10H,2H2,1H3/b13-10+,18-16?. The molecule has 1 aliphatic rings. The van der Waals surface area contributed by atoms with Gasteiger partial charge in [-0.25, -0.2) is 4.99 Å². The first-order chi connectivity index (χ1) is 10.7. The zero-order valence-electron chi connectivity index (χ0n) is 11.8. The number of likely N-dealkylation sites (N-methyl/N-ethyl adjacent to an activating group) is 1. The van der Waals surface area contributed by atoms with Gasteiger partial charge in [-0.15, -0.1) is 0 Å². The lowest BCUT2D eigenvalue weighted by molar-refractivity contribution is -0.122. The molecule has 0 atom stereocenters. The van der Waals surface area contributed by atoms with Gasteiger partial charge in [0.15, 0.2) is 9.84 Å². The number of para-hydroxylation sites is 1. The normalized spacial score (nSPS) is 18.6. The van der Waals surface area contributed by atoms with Crippen LogP contribution in [0.4, 0.5) is 5.69 Å². The van der Waals surface area contributed by atoms with Crippen molar-refractivity contribution in [1.82, 2.24) is 4.90 Å². The Balaban J connectivity index is 1.92. The van der Waals surface area contributed by atoms with Crippen molar-refractivity contribution in [3.8, 4) is 0 Å². The lowest BCUT2D eigenvalue weighted by Crippen LogP contribution is -2.28. The molecule has 0 aliphatic carbocycles. The summed E-state index contributed by atoms with van der Waals surface area (Å²) in [5.41, 5.74) is 0.832. The fourth-order valence-corrected chi connectivity index (χ4v) is 3.38. The van der Waals surface area contributed by atoms with Crippen LogP contribution in [0, 0.1) is 0 Å². The van der Waals surface area contributed by atoms with Crippen LogP contribution in [0.2, 0.25) is 0 Å². The van der Waals surface area contributed by atoms with E-state index in [4.69, 9.17) is 4.42 Å². The third kappa shape index (κ3) is 3.18. The third-order valence-electron chi connectivity index (χ3n) is 3.05. The Morgan fingerprint density at radius 1 is 1.27 bits per heavy atom. The number of hydrogen-bond acceptors (Lipinski definition) is 4. The number of furan rings is 1. The maximum Gasteiger partial charge on any atom is 0.266 e. The molecular formula is C16H13BrN2O2S. The summed E-state index contributed by atoms with van der Waals surface area (Å²) in [6, 6.07) is 13.2. The molecule has 0 spiro atoms. The highest BCUT2D eigenvalue weighted by Gasteiger charge is 2.32. The summed E-state index contributed by atoms with van der Waals surface area (Å²) in [4.78, 5) is 19.3. The number of carbonyl (C=O) groups is 1. The van der Waals surface area contributed by atoms with Gasteiger partial charge in [-0.2, -0.15) is 0 Å². The van der Waals surface area contributed by atoms with E-state index in [0.29, 0.717) is 27.0 Å². The highest BCUT2D eigenvalue weighted by molar-refractivity contribution is 9.10. The average molecular weight is 377 g/mol. The van der Waals surface area contributed by atoms with E-state index in [0.717, 1.165) is 5.69 Å². The van der Waals surface area contributed by atoms with Crippen molar-refractivity contribution in [1.29, 1.82) is 0 Å². The first kappa shape index (κ1) is 15.1. The van der Waals surface area contributed by atoms with Crippen LogP contribution in [-0.4, -0.2) is 22.5 Å². The van der Waals surface area contributed by atoms with E-state index in [9.17, 15) is 4.79 Å². The van der Waals surface area contributed by atoms with Crippen LogP contribution in [0.25, 0.3) is 6.08 Å². The first-order valence-electron chi connectivity index (χ1n) is 6.78. The molecule has 1 saturated heterocycles. The van der Waals surface area contributed by atoms with Crippen LogP contribution >= 0.6 is 27.7 Å². The molecule has 0 N–H and O–H groups in total. The van der Waals surface area contributed by atoms with Crippen molar-refractivity contribution in [3.05, 3.63) is 57.8 Å². The van der Waals surface area contributed by atoms with Gasteiger partial charge in [-0.3, -0.25) is 9.69 Å². The van der Waals surface area contributed by atoms with Crippen LogP contribution in [0.5, 0.6) is 0 Å². The molecule has 1 aromatic carbocycles. The van der Waals surface area contributed by atoms with Crippen LogP contribution in [0.1, 0.15) is 12.7 Å². The van der Waals surface area contributed by atoms with Gasteiger partial charge in [-0.05, 0) is 58.9 Å². The van der Waals surface area contributed by atoms with Gasteiger partial charge >= 0.3 is 0 Å². The number of thioether (sulfide) groups is 1. The summed E-state index contributed by atoms with van der Waals surface area (Å²) in [6.07, 6.45) is 1.74. The number of amides is 1. The molecular weight excluding hydrogens is 364 g/mol. The smallest absolute Gasteiger partial charge is 0.266 e. The molecule has 0 radical (unpaired) electrons. The third-order valence-corrected chi connectivity index (χ3v) is 4.49. The van der Waals surface area contributed by atoms with Crippen LogP contribution in [-0.2, 0) is 4.79 Å². The second-order valence-electron chi connectivity index (χ2n) is 4.53. The molecule has 3 rings (SSSR count). The molecule has 2 heterocycles. The van der Waals surface area contributed by atoms with Gasteiger partial charge < -0.3 is 4.42 Å². The lowest BCUT2D eigenvalue weighted by atomic mass is 10.3. The monoisotopic (exact) mass is 376 g/mol. The number of hydrogen-bond donors (Lipinski definition) is 0. The zero-order valence-corrected chi connectivity index (χ0v) is 14.2. The maximum absolute atomic E-state index is 12.5. The van der Waals surface area contributed by atoms with Gasteiger partial charge in [0.2, 0.25) is 0 Å². The van der Waals surface area contributed by atoms with E-state index in [2.05, 4.69) is 20.9 Å². The fourth-order valence-electron chi connectivity index (χ4n) is 2.02. The van der Waals surface area contributed by atoms with Crippen molar-refractivity contribution in [2.24, 2.45) is 4.99 Å². The van der Waals surface area contributed by atoms with Gasteiger partial charge in [0.1, 0.15) is 5.76 Å². The predicted molar refractivity (Wildman–Crippen MR) is 92.9 cm³/mol. The topological polar surface area (TPSA) is 45.8 Å². The quantitative estimate of drug-likeness (QED) is 0.731. The van der Waals surface area contributed by atoms with Crippen molar-refractivity contribution >= 4 is 50.5 Å². The minimum atomic E-state index is -0.0466. The average Bonchev–Trinajstić information content (AvgIpc) is 3.05. The molecule has 1 amide bonds. The molecule has 0 bridgehead atoms. The molecule has 4 nitrogen and oxygen atoms in total. The summed E-state index contributed by atoms with van der Waals surface area (Å²) in [7, 11) is 0. The van der Waals surface area contributed by atoms with Crippen molar-refractivity contribution in [2.45, 2.75) is 6.92 Å². The Bertz CT molecular complexity index is 753. The zero-order chi connectivity index (χ0) is 15.5. The highest BCUT2D eigenvalue weighted by atomic mass is 79.9. The van der Waals surface area contributed by atoms with E-state index in [-0.39, 0.29) is 5.91 Å². The van der Waals surface area contributed by atoms with Crippen molar-refractivity contribution in [2.75, 3.05) is 6.54 Å². The summed E-state index contributed by atoms with van der Waals surface area (Å²) >= 11 is 4.62. The van der Waals surface area contributed by atoms with Crippen molar-refractivity contribution in [3.63, 3.8) is 0 Å². The number of nitrogens with zero attached hydrogens (tertiary/aromatic N) is 2. The van der Waals surface area contributed by atoms with E-state index in [1.807, 2.05) is 43.3 Å². The number of rotatable bonds is 3. The number of amidine groups is 1. The van der Waals surface area contributed by atoms with Gasteiger partial charge in [-0.1, -0.05) is 18.2 Å². The van der Waals surface area contributed by atoms with Crippen LogP contribution in [0.15, 0.2) is 61.4 Å². The van der Waals surface area contributed by atoms with Gasteiger partial charge in [0.05, 0.1) is 10.6 Å². The molecule has 1 fully saturated rings. The Morgan fingerprint density at radius 3 is 2.68 bits per heavy atom. The Labute approximate surface area is 141 Å². The Morgan fingerprint density at radius 2 is 2.05 bits per heavy atom. The second kappa shape index (κ2) is 6.54. The van der Waals surface area contributed by atoms with E-state index in [1.54, 1.807) is 17.0 Å². The predicted octanol–water partition coefficient (Wildman–Crippen LogP) is 4.67. The Kier molecular flexibility index (Phi) is 4.49. The lowest BCUT2D eigenvalue weighted by Gasteiger charge is -2.11. The molecule has 1 aliphatic heterocycles. The summed E-state index contributed by atoms with van der Waals surface area (Å²) in [5.74, 6) is 0.592. The van der Waals surface area contributed by atoms with E-state index in [1.165, 1.54) is 11.8 Å². The molecule has 2 aromatic rings. The highest BCUT2D eigenvalue weighted by Crippen LogP contribution is 2.34. The van der Waals surface area contributed by atoms with Crippen LogP contribution in [0.3, 0.4) is 0 Å². The number of benzene rings is 1. The summed E-state index contributed by atoms with van der Waals surface area (Å²) < 4.78 is 6.07. The number of halogens is 1. The number of carbonyl (C=O) groups excluding carboxylic acids is 1. The van der Waals surface area contributed by atoms with E-state index >= 15 is 0 Å². The van der Waals surface area contributed by atoms with Crippen LogP contribution < -0.4 is 0 Å². The van der Waals surface area contributed by atoms with Crippen molar-refractivity contribution < 1.29 is 9.21 Å². The maximum atomic E-state index is 12.5. The largest absolute Gasteiger partial charge is 0.450 e. The van der Waals surface area contributed by atoms with Gasteiger partial charge in [0, 0.05) is 12.6 Å². The first-order valence-corrected chi connectivity index (χ1v) is 8.39. The molecule has 0 saturated carbocycles. The van der Waals surface area contributed by atoms with E-state index < -0.39 is 0 Å². The minimum Gasteiger partial charge on any atom is -0.450 e. The molecule has 0 unspecified atom stereocenters. The SMILES string of the molecule is CCN1C(=O)/C(=C\c2ccc(Br)o2)SC1=Nc1ccccc1.